The van der Waals surface area contributed by atoms with E-state index in [-0.39, 0.29) is 13.0 Å². The quantitative estimate of drug-likeness (QED) is 0.417. The van der Waals surface area contributed by atoms with Crippen molar-refractivity contribution in [2.45, 2.75) is 19.4 Å². The number of azo groups is 1. The fourth-order valence-corrected chi connectivity index (χ4v) is 2.35. The third-order valence-electron chi connectivity index (χ3n) is 3.04. The highest BCUT2D eigenvalue weighted by molar-refractivity contribution is 7.46. The van der Waals surface area contributed by atoms with Crippen molar-refractivity contribution in [3.63, 3.8) is 0 Å². The molecule has 2 aromatic carbocycles. The minimum Gasteiger partial charge on any atom is -0.396 e. The summed E-state index contributed by atoms with van der Waals surface area (Å²) < 4.78 is 14.3. The summed E-state index contributed by atoms with van der Waals surface area (Å²) in [6, 6.07) is 16.1. The van der Waals surface area contributed by atoms with Crippen LogP contribution in [0.4, 0.5) is 11.4 Å². The molecule has 0 aromatic heterocycles. The van der Waals surface area contributed by atoms with Gasteiger partial charge in [0.1, 0.15) is 0 Å². The number of hydrogen-bond donors (Lipinski definition) is 4. The summed E-state index contributed by atoms with van der Waals surface area (Å²) in [5.74, 6) is -0.448. The number of aliphatic hydroxyl groups excluding tert-OH is 1. The second-order valence-electron chi connectivity index (χ2n) is 5.37. The van der Waals surface area contributed by atoms with Crippen molar-refractivity contribution in [2.24, 2.45) is 16.0 Å². The van der Waals surface area contributed by atoms with Gasteiger partial charge in [0.15, 0.2) is 0 Å². The van der Waals surface area contributed by atoms with Gasteiger partial charge >= 0.3 is 7.82 Å². The Balaban J connectivity index is 0.000000314. The highest BCUT2D eigenvalue weighted by atomic mass is 31.2. The van der Waals surface area contributed by atoms with E-state index >= 15 is 0 Å². The SMILES string of the molecule is C[C@@H](CCO)OP(=O)(O)O.NC(=O)c1ccc(N=Nc2ccccc2)cc1. The maximum atomic E-state index is 10.9. The molecule has 0 fully saturated rings. The molecule has 0 bridgehead atoms. The molecule has 9 nitrogen and oxygen atoms in total. The molecule has 0 radical (unpaired) electrons. The number of carbonyl (C=O) groups is 1. The molecule has 146 valence electrons. The first kappa shape index (κ1) is 22.6. The largest absolute Gasteiger partial charge is 0.469 e. The monoisotopic (exact) mass is 395 g/mol. The highest BCUT2D eigenvalue weighted by Crippen LogP contribution is 2.37. The molecule has 0 saturated carbocycles. The van der Waals surface area contributed by atoms with Gasteiger partial charge in [-0.2, -0.15) is 10.2 Å². The van der Waals surface area contributed by atoms with Gasteiger partial charge in [0.05, 0.1) is 17.5 Å². The van der Waals surface area contributed by atoms with Crippen molar-refractivity contribution in [2.75, 3.05) is 6.61 Å². The van der Waals surface area contributed by atoms with Crippen LogP contribution in [-0.2, 0) is 9.09 Å². The van der Waals surface area contributed by atoms with Gasteiger partial charge in [-0.1, -0.05) is 18.2 Å². The van der Waals surface area contributed by atoms with E-state index in [2.05, 4.69) is 14.8 Å². The number of phosphoric acid groups is 1. The number of aliphatic hydroxyl groups is 1. The van der Waals surface area contributed by atoms with Crippen LogP contribution in [0.5, 0.6) is 0 Å². The van der Waals surface area contributed by atoms with Crippen LogP contribution in [0, 0.1) is 0 Å². The van der Waals surface area contributed by atoms with E-state index in [1.165, 1.54) is 6.92 Å². The second kappa shape index (κ2) is 11.3. The van der Waals surface area contributed by atoms with Crippen LogP contribution < -0.4 is 5.73 Å². The molecule has 5 N–H and O–H groups in total. The lowest BCUT2D eigenvalue weighted by Crippen LogP contribution is -2.10. The molecule has 0 aliphatic rings. The molecule has 0 unspecified atom stereocenters. The molecule has 0 saturated heterocycles. The standard InChI is InChI=1S/C13H11N3O.C4H11O5P/c14-13(17)10-6-8-12(9-7-10)16-15-11-4-2-1-3-5-11;1-4(2-3-5)9-10(6,7)8/h1-9H,(H2,14,17);4-5H,2-3H2,1H3,(H2,6,7,8)/t;4-/m.0/s1. The smallest absolute Gasteiger partial charge is 0.396 e. The molecule has 1 atom stereocenters. The Morgan fingerprint density at radius 2 is 1.59 bits per heavy atom. The number of phosphoric ester groups is 1. The molecule has 10 heteroatoms. The van der Waals surface area contributed by atoms with Crippen molar-refractivity contribution in [1.29, 1.82) is 0 Å². The lowest BCUT2D eigenvalue weighted by Gasteiger charge is -2.11. The minimum atomic E-state index is -4.36. The zero-order chi connectivity index (χ0) is 20.3. The normalized spacial score (nSPS) is 12.3. The van der Waals surface area contributed by atoms with Gasteiger partial charge < -0.3 is 20.6 Å². The average molecular weight is 395 g/mol. The van der Waals surface area contributed by atoms with Crippen LogP contribution in [0.1, 0.15) is 23.7 Å². The van der Waals surface area contributed by atoms with Crippen LogP contribution in [-0.4, -0.2) is 33.5 Å². The zero-order valence-electron chi connectivity index (χ0n) is 14.7. The predicted molar refractivity (Wildman–Crippen MR) is 99.9 cm³/mol. The van der Waals surface area contributed by atoms with E-state index in [1.54, 1.807) is 24.3 Å². The molecule has 0 heterocycles. The number of carbonyl (C=O) groups excluding carboxylic acids is 1. The van der Waals surface area contributed by atoms with Crippen molar-refractivity contribution < 1.29 is 28.8 Å². The van der Waals surface area contributed by atoms with Crippen molar-refractivity contribution in [1.82, 2.24) is 0 Å². The molecule has 0 aliphatic heterocycles. The van der Waals surface area contributed by atoms with Crippen molar-refractivity contribution in [3.05, 3.63) is 60.2 Å². The third kappa shape index (κ3) is 10.3. The Kier molecular flexibility index (Phi) is 9.49. The number of amides is 1. The lowest BCUT2D eigenvalue weighted by molar-refractivity contribution is 0.0999. The number of hydrogen-bond acceptors (Lipinski definition) is 6. The first-order valence-corrected chi connectivity index (χ1v) is 9.46. The molecule has 0 spiro atoms. The average Bonchev–Trinajstić information content (AvgIpc) is 2.60. The Morgan fingerprint density at radius 1 is 1.07 bits per heavy atom. The molecule has 1 amide bonds. The van der Waals surface area contributed by atoms with Crippen LogP contribution >= 0.6 is 7.82 Å². The zero-order valence-corrected chi connectivity index (χ0v) is 15.6. The first-order valence-electron chi connectivity index (χ1n) is 7.92. The van der Waals surface area contributed by atoms with Gasteiger partial charge in [0, 0.05) is 12.2 Å². The number of nitrogens with zero attached hydrogens (tertiary/aromatic N) is 2. The maximum Gasteiger partial charge on any atom is 0.469 e. The van der Waals surface area contributed by atoms with Crippen LogP contribution in [0.2, 0.25) is 0 Å². The summed E-state index contributed by atoms with van der Waals surface area (Å²) in [7, 11) is -4.36. The summed E-state index contributed by atoms with van der Waals surface area (Å²) in [6.45, 7) is 1.34. The Hall–Kier alpha value is -2.42. The summed E-state index contributed by atoms with van der Waals surface area (Å²) in [5, 5.41) is 16.4. The van der Waals surface area contributed by atoms with Crippen LogP contribution in [0.25, 0.3) is 0 Å². The number of nitrogens with two attached hydrogens (primary N) is 1. The molecule has 0 aliphatic carbocycles. The molecule has 2 rings (SSSR count). The van der Waals surface area contributed by atoms with Gasteiger partial charge in [-0.25, -0.2) is 4.57 Å². The molecular formula is C17H22N3O6P. The van der Waals surface area contributed by atoms with E-state index in [9.17, 15) is 9.36 Å². The van der Waals surface area contributed by atoms with E-state index in [1.807, 2.05) is 30.3 Å². The van der Waals surface area contributed by atoms with Gasteiger partial charge in [0.25, 0.3) is 0 Å². The lowest BCUT2D eigenvalue weighted by atomic mass is 10.2. The van der Waals surface area contributed by atoms with Gasteiger partial charge in [-0.05, 0) is 49.7 Å². The first-order chi connectivity index (χ1) is 12.7. The van der Waals surface area contributed by atoms with Crippen molar-refractivity contribution >= 4 is 25.1 Å². The summed E-state index contributed by atoms with van der Waals surface area (Å²) in [5.41, 5.74) is 7.06. The van der Waals surface area contributed by atoms with Crippen LogP contribution in [0.3, 0.4) is 0 Å². The molecule has 2 aromatic rings. The Labute approximate surface area is 156 Å². The Morgan fingerprint density at radius 3 is 2.04 bits per heavy atom. The highest BCUT2D eigenvalue weighted by Gasteiger charge is 2.17. The number of primary amides is 1. The number of rotatable bonds is 7. The van der Waals surface area contributed by atoms with E-state index in [0.29, 0.717) is 11.3 Å². The summed E-state index contributed by atoms with van der Waals surface area (Å²) in [6.07, 6.45) is -0.378. The summed E-state index contributed by atoms with van der Waals surface area (Å²) >= 11 is 0. The fourth-order valence-electron chi connectivity index (χ4n) is 1.77. The second-order valence-corrected chi connectivity index (χ2v) is 6.56. The molecule has 27 heavy (non-hydrogen) atoms. The van der Waals surface area contributed by atoms with E-state index in [0.717, 1.165) is 5.69 Å². The minimum absolute atomic E-state index is 0.138. The van der Waals surface area contributed by atoms with Gasteiger partial charge in [-0.3, -0.25) is 9.32 Å². The van der Waals surface area contributed by atoms with Gasteiger partial charge in [-0.15, -0.1) is 0 Å². The van der Waals surface area contributed by atoms with E-state index in [4.69, 9.17) is 20.6 Å². The number of benzene rings is 2. The maximum absolute atomic E-state index is 10.9. The summed E-state index contributed by atoms with van der Waals surface area (Å²) in [4.78, 5) is 27.3. The Bertz CT molecular complexity index is 777. The van der Waals surface area contributed by atoms with Crippen molar-refractivity contribution in [3.8, 4) is 0 Å². The third-order valence-corrected chi connectivity index (χ3v) is 3.68. The fraction of sp³-hybridized carbons (Fsp3) is 0.235. The molecular weight excluding hydrogens is 373 g/mol. The predicted octanol–water partition coefficient (Wildman–Crippen LogP) is 3.07. The van der Waals surface area contributed by atoms with E-state index < -0.39 is 19.8 Å². The van der Waals surface area contributed by atoms with Crippen LogP contribution in [0.15, 0.2) is 64.8 Å². The topological polar surface area (TPSA) is 155 Å². The van der Waals surface area contributed by atoms with Gasteiger partial charge in [0.2, 0.25) is 5.91 Å².